The van der Waals surface area contributed by atoms with Crippen LogP contribution in [0, 0.1) is 5.92 Å². The summed E-state index contributed by atoms with van der Waals surface area (Å²) in [6.45, 7) is 12.1. The zero-order valence-corrected chi connectivity index (χ0v) is 16.2. The molecule has 1 unspecified atom stereocenters. The molecule has 132 valence electrons. The molecule has 0 saturated heterocycles. The van der Waals surface area contributed by atoms with Gasteiger partial charge < -0.3 is 10.6 Å². The molecule has 0 fully saturated rings. The topological polar surface area (TPSA) is 70.6 Å². The van der Waals surface area contributed by atoms with Gasteiger partial charge >= 0.3 is 0 Å². The van der Waals surface area contributed by atoms with Crippen molar-refractivity contribution in [2.24, 2.45) is 10.9 Å². The Morgan fingerprint density at radius 3 is 2.18 bits per heavy atom. The number of aliphatic imine (C=N–C) groups is 1. The molecule has 0 aromatic heterocycles. The van der Waals surface area contributed by atoms with Crippen LogP contribution in [-0.2, 0) is 9.84 Å². The van der Waals surface area contributed by atoms with Crippen molar-refractivity contribution in [2.45, 2.75) is 71.6 Å². The summed E-state index contributed by atoms with van der Waals surface area (Å²) in [7, 11) is -1.40. The lowest BCUT2D eigenvalue weighted by atomic mass is 10.0. The van der Waals surface area contributed by atoms with Crippen LogP contribution in [0.4, 0.5) is 0 Å². The molecule has 0 aromatic carbocycles. The molecule has 0 spiro atoms. The molecule has 0 rings (SSSR count). The third kappa shape index (κ3) is 8.61. The van der Waals surface area contributed by atoms with Gasteiger partial charge in [-0.2, -0.15) is 0 Å². The van der Waals surface area contributed by atoms with Crippen molar-refractivity contribution in [3.05, 3.63) is 0 Å². The summed E-state index contributed by atoms with van der Waals surface area (Å²) < 4.78 is 23.4. The molecule has 22 heavy (non-hydrogen) atoms. The first-order valence-corrected chi connectivity index (χ1v) is 9.84. The molecule has 0 aromatic rings. The first kappa shape index (κ1) is 21.2. The van der Waals surface area contributed by atoms with Gasteiger partial charge in [0.1, 0.15) is 0 Å². The van der Waals surface area contributed by atoms with E-state index in [9.17, 15) is 8.42 Å². The predicted molar refractivity (Wildman–Crippen MR) is 96.2 cm³/mol. The van der Waals surface area contributed by atoms with Gasteiger partial charge in [0.2, 0.25) is 0 Å². The van der Waals surface area contributed by atoms with Crippen LogP contribution in [0.2, 0.25) is 0 Å². The summed E-state index contributed by atoms with van der Waals surface area (Å²) in [5, 5.41) is 6.40. The summed E-state index contributed by atoms with van der Waals surface area (Å²) in [5.41, 5.74) is 0. The summed E-state index contributed by atoms with van der Waals surface area (Å²) in [6.07, 6.45) is 3.49. The molecule has 0 amide bonds. The van der Waals surface area contributed by atoms with Gasteiger partial charge in [0.15, 0.2) is 15.8 Å². The van der Waals surface area contributed by atoms with Gasteiger partial charge in [0.05, 0.1) is 10.5 Å². The summed E-state index contributed by atoms with van der Waals surface area (Å²) in [4.78, 5) is 4.15. The van der Waals surface area contributed by atoms with E-state index in [0.29, 0.717) is 18.5 Å². The fourth-order valence-corrected chi connectivity index (χ4v) is 2.93. The number of guanidine groups is 1. The SMILES string of the molecule is CN=C(NCCS(=O)(=O)C(C)(C)C)NC(C)CCCC(C)C. The average molecular weight is 334 g/mol. The minimum Gasteiger partial charge on any atom is -0.355 e. The van der Waals surface area contributed by atoms with E-state index in [1.165, 1.54) is 12.8 Å². The lowest BCUT2D eigenvalue weighted by Gasteiger charge is -2.21. The number of hydrogen-bond donors (Lipinski definition) is 2. The zero-order valence-electron chi connectivity index (χ0n) is 15.4. The van der Waals surface area contributed by atoms with Gasteiger partial charge in [-0.1, -0.05) is 26.7 Å². The highest BCUT2D eigenvalue weighted by atomic mass is 32.2. The first-order valence-electron chi connectivity index (χ1n) is 8.19. The number of nitrogens with zero attached hydrogens (tertiary/aromatic N) is 1. The summed E-state index contributed by atoms with van der Waals surface area (Å²) >= 11 is 0. The molecule has 0 aliphatic carbocycles. The first-order chi connectivity index (χ1) is 9.99. The molecule has 2 N–H and O–H groups in total. The van der Waals surface area contributed by atoms with Gasteiger partial charge in [-0.3, -0.25) is 4.99 Å². The fraction of sp³-hybridized carbons (Fsp3) is 0.938. The Hall–Kier alpha value is -0.780. The van der Waals surface area contributed by atoms with Crippen molar-refractivity contribution in [2.75, 3.05) is 19.3 Å². The molecule has 0 radical (unpaired) electrons. The second kappa shape index (κ2) is 9.38. The van der Waals surface area contributed by atoms with Gasteiger partial charge in [-0.05, 0) is 40.0 Å². The molecule has 0 saturated carbocycles. The van der Waals surface area contributed by atoms with Gasteiger partial charge in [-0.25, -0.2) is 8.42 Å². The number of rotatable bonds is 8. The largest absolute Gasteiger partial charge is 0.355 e. The van der Waals surface area contributed by atoms with Gasteiger partial charge in [0.25, 0.3) is 0 Å². The Morgan fingerprint density at radius 1 is 1.14 bits per heavy atom. The van der Waals surface area contributed by atoms with E-state index >= 15 is 0 Å². The van der Waals surface area contributed by atoms with Gasteiger partial charge in [-0.15, -0.1) is 0 Å². The van der Waals surface area contributed by atoms with Crippen molar-refractivity contribution in [1.82, 2.24) is 10.6 Å². The minimum atomic E-state index is -3.10. The molecule has 5 nitrogen and oxygen atoms in total. The molecule has 0 bridgehead atoms. The van der Waals surface area contributed by atoms with E-state index in [4.69, 9.17) is 0 Å². The van der Waals surface area contributed by atoms with E-state index in [0.717, 1.165) is 12.3 Å². The Morgan fingerprint density at radius 2 is 1.73 bits per heavy atom. The highest BCUT2D eigenvalue weighted by Crippen LogP contribution is 2.15. The zero-order chi connectivity index (χ0) is 17.4. The number of hydrogen-bond acceptors (Lipinski definition) is 3. The molecule has 0 aliphatic heterocycles. The van der Waals surface area contributed by atoms with Crippen molar-refractivity contribution in [1.29, 1.82) is 0 Å². The van der Waals surface area contributed by atoms with Crippen LogP contribution in [0.1, 0.15) is 60.8 Å². The van der Waals surface area contributed by atoms with Crippen LogP contribution in [0.5, 0.6) is 0 Å². The molecule has 1 atom stereocenters. The lowest BCUT2D eigenvalue weighted by Crippen LogP contribution is -2.44. The third-order valence-corrected chi connectivity index (χ3v) is 6.23. The Labute approximate surface area is 137 Å². The second-order valence-corrected chi connectivity index (χ2v) is 10.2. The summed E-state index contributed by atoms with van der Waals surface area (Å²) in [6, 6.07) is 0.323. The van der Waals surface area contributed by atoms with Crippen molar-refractivity contribution < 1.29 is 8.42 Å². The van der Waals surface area contributed by atoms with Crippen LogP contribution < -0.4 is 10.6 Å². The van der Waals surface area contributed by atoms with Crippen LogP contribution >= 0.6 is 0 Å². The smallest absolute Gasteiger partial charge is 0.191 e. The fourth-order valence-electron chi connectivity index (χ4n) is 1.94. The van der Waals surface area contributed by atoms with E-state index in [1.54, 1.807) is 27.8 Å². The van der Waals surface area contributed by atoms with E-state index < -0.39 is 14.6 Å². The summed E-state index contributed by atoms with van der Waals surface area (Å²) in [5.74, 6) is 1.51. The highest BCUT2D eigenvalue weighted by molar-refractivity contribution is 7.92. The minimum absolute atomic E-state index is 0.110. The molecular formula is C16H35N3O2S. The van der Waals surface area contributed by atoms with Crippen LogP contribution in [0.25, 0.3) is 0 Å². The van der Waals surface area contributed by atoms with Gasteiger partial charge in [0, 0.05) is 19.6 Å². The lowest BCUT2D eigenvalue weighted by molar-refractivity contribution is 0.491. The molecular weight excluding hydrogens is 298 g/mol. The number of nitrogens with one attached hydrogen (secondary N) is 2. The molecule has 0 aliphatic rings. The Bertz CT molecular complexity index is 437. The van der Waals surface area contributed by atoms with Crippen molar-refractivity contribution in [3.63, 3.8) is 0 Å². The van der Waals surface area contributed by atoms with Crippen LogP contribution in [0.15, 0.2) is 4.99 Å². The maximum Gasteiger partial charge on any atom is 0.191 e. The Kier molecular flexibility index (Phi) is 9.05. The van der Waals surface area contributed by atoms with Crippen LogP contribution in [-0.4, -0.2) is 44.5 Å². The van der Waals surface area contributed by atoms with Crippen molar-refractivity contribution >= 4 is 15.8 Å². The standard InChI is InChI=1S/C16H35N3O2S/c1-13(2)9-8-10-14(3)19-15(17-7)18-11-12-22(20,21)16(4,5)6/h13-14H,8-12H2,1-7H3,(H2,17,18,19). The van der Waals surface area contributed by atoms with E-state index in [-0.39, 0.29) is 5.75 Å². The normalized spacial score (nSPS) is 15.0. The maximum atomic E-state index is 12.0. The maximum absolute atomic E-state index is 12.0. The monoisotopic (exact) mass is 333 g/mol. The predicted octanol–water partition coefficient (Wildman–Crippen LogP) is 2.58. The van der Waals surface area contributed by atoms with E-state index in [1.807, 2.05) is 0 Å². The van der Waals surface area contributed by atoms with Crippen LogP contribution in [0.3, 0.4) is 0 Å². The number of sulfone groups is 1. The average Bonchev–Trinajstić information content (AvgIpc) is 2.35. The third-order valence-electron chi connectivity index (χ3n) is 3.62. The molecule has 6 heteroatoms. The highest BCUT2D eigenvalue weighted by Gasteiger charge is 2.28. The van der Waals surface area contributed by atoms with Crippen molar-refractivity contribution in [3.8, 4) is 0 Å². The second-order valence-electron chi connectivity index (χ2n) is 7.30. The van der Waals surface area contributed by atoms with E-state index in [2.05, 4.69) is 36.4 Å². The Balaban J connectivity index is 4.19. The quantitative estimate of drug-likeness (QED) is 0.529. The molecule has 0 heterocycles.